The van der Waals surface area contributed by atoms with E-state index >= 15 is 0 Å². The van der Waals surface area contributed by atoms with Gasteiger partial charge in [-0.15, -0.1) is 0 Å². The van der Waals surface area contributed by atoms with E-state index in [0.717, 1.165) is 72.8 Å². The lowest BCUT2D eigenvalue weighted by atomic mass is 9.93. The van der Waals surface area contributed by atoms with Gasteiger partial charge in [0.05, 0.1) is 0 Å². The summed E-state index contributed by atoms with van der Waals surface area (Å²) >= 11 is 0. The van der Waals surface area contributed by atoms with Crippen LogP contribution < -0.4 is 21.7 Å². The predicted octanol–water partition coefficient (Wildman–Crippen LogP) is 11.4. The molecular weight excluding hydrogens is 623 g/mol. The molecule has 5 heteroatoms. The number of nitrogens with two attached hydrogens (primary N) is 1. The van der Waals surface area contributed by atoms with Gasteiger partial charge in [-0.2, -0.15) is 0 Å². The molecule has 0 heterocycles. The third-order valence-corrected chi connectivity index (χ3v) is 8.46. The van der Waals surface area contributed by atoms with Gasteiger partial charge in [0, 0.05) is 59.2 Å². The molecule has 0 fully saturated rings. The van der Waals surface area contributed by atoms with E-state index in [4.69, 9.17) is 11.1 Å². The van der Waals surface area contributed by atoms with Gasteiger partial charge in [-0.3, -0.25) is 0 Å². The molecule has 5 nitrogen and oxygen atoms in total. The maximum absolute atomic E-state index is 7.27. The van der Waals surface area contributed by atoms with Crippen LogP contribution in [0.2, 0.25) is 0 Å². The Balaban J connectivity index is 1.47. The molecule has 6 N–H and O–H groups in total. The van der Waals surface area contributed by atoms with Crippen molar-refractivity contribution in [3.8, 4) is 11.1 Å². The van der Waals surface area contributed by atoms with Gasteiger partial charge in [0.15, 0.2) is 0 Å². The quantitative estimate of drug-likeness (QED) is 0.0568. The third kappa shape index (κ3) is 9.52. The normalized spacial score (nSPS) is 12.2. The average Bonchev–Trinajstić information content (AvgIpc) is 3.17. The highest BCUT2D eigenvalue weighted by Crippen LogP contribution is 2.37. The largest absolute Gasteiger partial charge is 0.405 e. The molecular formula is C46H45N5. The molecule has 5 aromatic carbocycles. The summed E-state index contributed by atoms with van der Waals surface area (Å²) in [5.74, 6) is 0. The van der Waals surface area contributed by atoms with Gasteiger partial charge in [0.2, 0.25) is 0 Å². The fraction of sp³-hybridized carbons (Fsp3) is 0.0652. The Labute approximate surface area is 302 Å². The van der Waals surface area contributed by atoms with E-state index in [9.17, 15) is 0 Å². The molecule has 5 aromatic rings. The van der Waals surface area contributed by atoms with Crippen LogP contribution in [0.3, 0.4) is 0 Å². The van der Waals surface area contributed by atoms with E-state index in [1.54, 1.807) is 12.3 Å². The molecule has 0 aliphatic rings. The second-order valence-corrected chi connectivity index (χ2v) is 11.9. The Morgan fingerprint density at radius 2 is 1.45 bits per heavy atom. The smallest absolute Gasteiger partial charge is 0.0460 e. The minimum atomic E-state index is 0.589. The van der Waals surface area contributed by atoms with Gasteiger partial charge in [0.25, 0.3) is 0 Å². The van der Waals surface area contributed by atoms with Crippen molar-refractivity contribution in [3.05, 3.63) is 193 Å². The van der Waals surface area contributed by atoms with Gasteiger partial charge < -0.3 is 27.1 Å². The predicted molar refractivity (Wildman–Crippen MR) is 223 cm³/mol. The Bertz CT molecular complexity index is 2100. The van der Waals surface area contributed by atoms with Gasteiger partial charge >= 0.3 is 0 Å². The zero-order valence-corrected chi connectivity index (χ0v) is 29.2. The molecule has 0 saturated heterocycles. The SMILES string of the molecule is C=C/C=C(\C=C(/C)c1ccccc1Nc1ccccc1)c1ccc(NC)c(-c2ccccc2NC/C(=C\C=C/N)c2ccc(/C=C\C=N)cc2)c1. The van der Waals surface area contributed by atoms with Crippen LogP contribution in [-0.2, 0) is 0 Å². The van der Waals surface area contributed by atoms with E-state index in [1.165, 1.54) is 6.21 Å². The monoisotopic (exact) mass is 667 g/mol. The number of hydrogen-bond acceptors (Lipinski definition) is 5. The summed E-state index contributed by atoms with van der Waals surface area (Å²) in [4.78, 5) is 0. The highest BCUT2D eigenvalue weighted by atomic mass is 14.9. The van der Waals surface area contributed by atoms with Crippen LogP contribution in [0.4, 0.5) is 22.7 Å². The zero-order valence-electron chi connectivity index (χ0n) is 29.2. The summed E-state index contributed by atoms with van der Waals surface area (Å²) in [6.07, 6.45) is 16.5. The van der Waals surface area contributed by atoms with Gasteiger partial charge in [-0.05, 0) is 95.1 Å². The Morgan fingerprint density at radius 1 is 0.745 bits per heavy atom. The molecule has 0 saturated carbocycles. The second-order valence-electron chi connectivity index (χ2n) is 11.9. The molecule has 0 aliphatic carbocycles. The topological polar surface area (TPSA) is 86.0 Å². The Kier molecular flexibility index (Phi) is 12.8. The summed E-state index contributed by atoms with van der Waals surface area (Å²) in [5.41, 5.74) is 19.7. The Morgan fingerprint density at radius 3 is 2.18 bits per heavy atom. The van der Waals surface area contributed by atoms with Crippen LogP contribution in [-0.4, -0.2) is 19.8 Å². The number of nitrogens with one attached hydrogen (secondary N) is 4. The number of benzene rings is 5. The minimum Gasteiger partial charge on any atom is -0.405 e. The van der Waals surface area contributed by atoms with Crippen LogP contribution in [0, 0.1) is 5.41 Å². The molecule has 0 aromatic heterocycles. The number of hydrogen-bond donors (Lipinski definition) is 5. The van der Waals surface area contributed by atoms with Crippen LogP contribution in [0.25, 0.3) is 33.9 Å². The van der Waals surface area contributed by atoms with E-state index in [1.807, 2.05) is 49.6 Å². The number of rotatable bonds is 15. The van der Waals surface area contributed by atoms with E-state index in [-0.39, 0.29) is 0 Å². The highest BCUT2D eigenvalue weighted by molar-refractivity contribution is 5.93. The summed E-state index contributed by atoms with van der Waals surface area (Å²) in [6, 6.07) is 41.8. The highest BCUT2D eigenvalue weighted by Gasteiger charge is 2.13. The first-order chi connectivity index (χ1) is 25.0. The Hall–Kier alpha value is -6.59. The molecule has 0 spiro atoms. The van der Waals surface area contributed by atoms with Crippen LogP contribution >= 0.6 is 0 Å². The van der Waals surface area contributed by atoms with Crippen molar-refractivity contribution in [3.63, 3.8) is 0 Å². The van der Waals surface area contributed by atoms with Gasteiger partial charge in [-0.1, -0.05) is 122 Å². The lowest BCUT2D eigenvalue weighted by Crippen LogP contribution is -2.06. The van der Waals surface area contributed by atoms with Crippen LogP contribution in [0.15, 0.2) is 171 Å². The van der Waals surface area contributed by atoms with Crippen molar-refractivity contribution < 1.29 is 0 Å². The summed E-state index contributed by atoms with van der Waals surface area (Å²) in [5, 5.41) is 18.0. The van der Waals surface area contributed by atoms with Crippen molar-refractivity contribution >= 4 is 51.8 Å². The van der Waals surface area contributed by atoms with Crippen molar-refractivity contribution in [2.45, 2.75) is 6.92 Å². The van der Waals surface area contributed by atoms with Crippen molar-refractivity contribution in [2.24, 2.45) is 5.73 Å². The molecule has 0 bridgehead atoms. The number of allylic oxidation sites excluding steroid dienone is 8. The first-order valence-corrected chi connectivity index (χ1v) is 17.0. The fourth-order valence-electron chi connectivity index (χ4n) is 5.90. The van der Waals surface area contributed by atoms with E-state index < -0.39 is 0 Å². The minimum absolute atomic E-state index is 0.589. The maximum Gasteiger partial charge on any atom is 0.0460 e. The standard InChI is InChI=1S/C46H45N5/c1-4-14-37(31-34(2)41-19-8-11-22-46(41)51-40-17-6-5-7-18-40)38-27-28-44(49-3)43(32-38)42-20-9-10-21-45(42)50-33-39(16-13-30-48)36-25-23-35(24-26-36)15-12-29-47/h4-32,47,49-51H,1,33,48H2,2-3H3/b15-12-,30-13-,34-31+,37-14+,39-16+,47-29?. The summed E-state index contributed by atoms with van der Waals surface area (Å²) < 4.78 is 0. The van der Waals surface area contributed by atoms with Gasteiger partial charge in [0.1, 0.15) is 0 Å². The molecule has 0 atom stereocenters. The second kappa shape index (κ2) is 18.2. The van der Waals surface area contributed by atoms with Crippen molar-refractivity contribution in [1.29, 1.82) is 5.41 Å². The third-order valence-electron chi connectivity index (χ3n) is 8.46. The summed E-state index contributed by atoms with van der Waals surface area (Å²) in [6.45, 7) is 6.78. The zero-order chi connectivity index (χ0) is 35.8. The fourth-order valence-corrected chi connectivity index (χ4v) is 5.90. The first-order valence-electron chi connectivity index (χ1n) is 17.0. The molecule has 0 unspecified atom stereocenters. The maximum atomic E-state index is 7.27. The molecule has 254 valence electrons. The van der Waals surface area contributed by atoms with Crippen LogP contribution in [0.5, 0.6) is 0 Å². The molecule has 0 amide bonds. The number of anilines is 4. The summed E-state index contributed by atoms with van der Waals surface area (Å²) in [7, 11) is 1.96. The number of para-hydroxylation sites is 3. The van der Waals surface area contributed by atoms with Crippen molar-refractivity contribution in [1.82, 2.24) is 0 Å². The average molecular weight is 668 g/mol. The van der Waals surface area contributed by atoms with Gasteiger partial charge in [-0.25, -0.2) is 0 Å². The van der Waals surface area contributed by atoms with Crippen molar-refractivity contribution in [2.75, 3.05) is 29.5 Å². The molecule has 0 aliphatic heterocycles. The molecule has 51 heavy (non-hydrogen) atoms. The molecule has 0 radical (unpaired) electrons. The molecule has 5 rings (SSSR count). The lowest BCUT2D eigenvalue weighted by molar-refractivity contribution is 1.33. The van der Waals surface area contributed by atoms with E-state index in [2.05, 4.69) is 145 Å². The van der Waals surface area contributed by atoms with Crippen LogP contribution in [0.1, 0.15) is 29.2 Å². The first kappa shape index (κ1) is 35.7. The lowest BCUT2D eigenvalue weighted by Gasteiger charge is -2.18. The van der Waals surface area contributed by atoms with E-state index in [0.29, 0.717) is 6.54 Å².